The van der Waals surface area contributed by atoms with Crippen LogP contribution in [0.3, 0.4) is 0 Å². The lowest BCUT2D eigenvalue weighted by atomic mass is 9.73. The second kappa shape index (κ2) is 14.0. The predicted molar refractivity (Wildman–Crippen MR) is 208 cm³/mol. The molecular formula is C43H52N6O5. The van der Waals surface area contributed by atoms with Crippen molar-refractivity contribution in [3.8, 4) is 22.4 Å². The molecule has 0 radical (unpaired) electrons. The number of aromatic nitrogens is 2. The van der Waals surface area contributed by atoms with Crippen LogP contribution in [0.5, 0.6) is 0 Å². The number of aromatic amines is 1. The van der Waals surface area contributed by atoms with Gasteiger partial charge >= 0.3 is 12.2 Å². The molecule has 2 saturated heterocycles. The number of nitrogens with zero attached hydrogens (tertiary/aromatic N) is 4. The first-order valence-electron chi connectivity index (χ1n) is 19.7. The Bertz CT molecular complexity index is 2020. The van der Waals surface area contributed by atoms with E-state index in [1.165, 1.54) is 51.6 Å². The molecule has 0 saturated carbocycles. The number of hydrogen-bond donors (Lipinski definition) is 2. The average molecular weight is 733 g/mol. The molecule has 2 fully saturated rings. The highest BCUT2D eigenvalue weighted by molar-refractivity contribution is 6.04. The van der Waals surface area contributed by atoms with E-state index >= 15 is 0 Å². The first kappa shape index (κ1) is 36.1. The lowest BCUT2D eigenvalue weighted by Gasteiger charge is -2.31. The van der Waals surface area contributed by atoms with Gasteiger partial charge in [0.1, 0.15) is 17.5 Å². The first-order valence-corrected chi connectivity index (χ1v) is 19.7. The number of likely N-dealkylation sites (tertiary alicyclic amines) is 2. The van der Waals surface area contributed by atoms with E-state index < -0.39 is 17.7 Å². The Morgan fingerprint density at radius 2 is 1.46 bits per heavy atom. The van der Waals surface area contributed by atoms with Crippen LogP contribution >= 0.6 is 0 Å². The molecule has 8 rings (SSSR count). The minimum Gasteiger partial charge on any atom is -0.453 e. The van der Waals surface area contributed by atoms with Gasteiger partial charge in [-0.15, -0.1) is 0 Å². The fourth-order valence-corrected chi connectivity index (χ4v) is 9.17. The van der Waals surface area contributed by atoms with Crippen molar-refractivity contribution < 1.29 is 23.9 Å². The Kier molecular flexibility index (Phi) is 9.38. The molecule has 0 unspecified atom stereocenters. The number of rotatable bonds is 7. The Morgan fingerprint density at radius 1 is 0.870 bits per heavy atom. The number of alkyl carbamates (subject to hydrolysis) is 1. The number of aryl methyl sites for hydroxylation is 4. The predicted octanol–water partition coefficient (Wildman–Crippen LogP) is 7.57. The van der Waals surface area contributed by atoms with Crippen molar-refractivity contribution >= 4 is 29.4 Å². The number of carbonyl (C=O) groups is 3. The van der Waals surface area contributed by atoms with Gasteiger partial charge < -0.3 is 24.7 Å². The SMILES string of the molecule is COC(=O)N[C@H](C(=O)N1CCC[C@H]1C1=NC=C(c2cc3c4c(c2)CCc2cc(-c5cnc([C@@H]6CCCN6C(=O)OC(C)(C)C)[nH]5)cc(c2-4)CC3)C1)C(C)C. The highest BCUT2D eigenvalue weighted by Crippen LogP contribution is 2.46. The lowest BCUT2D eigenvalue weighted by molar-refractivity contribution is -0.134. The normalized spacial score (nSPS) is 20.8. The number of benzene rings is 2. The van der Waals surface area contributed by atoms with Crippen molar-refractivity contribution in [3.63, 3.8) is 0 Å². The fraction of sp³-hybridized carbons (Fsp3) is 0.512. The molecule has 2 aromatic carbocycles. The Labute approximate surface area is 317 Å². The molecule has 11 nitrogen and oxygen atoms in total. The first-order chi connectivity index (χ1) is 25.9. The molecule has 3 aromatic rings. The number of H-pyrrole nitrogens is 1. The Morgan fingerprint density at radius 3 is 2.06 bits per heavy atom. The molecule has 3 atom stereocenters. The molecule has 5 aliphatic rings. The summed E-state index contributed by atoms with van der Waals surface area (Å²) in [6, 6.07) is 8.59. The summed E-state index contributed by atoms with van der Waals surface area (Å²) in [4.78, 5) is 55.7. The van der Waals surface area contributed by atoms with E-state index in [1.807, 2.05) is 56.8 Å². The molecule has 0 spiro atoms. The number of nitrogens with one attached hydrogen (secondary N) is 2. The molecule has 54 heavy (non-hydrogen) atoms. The van der Waals surface area contributed by atoms with E-state index in [-0.39, 0.29) is 30.0 Å². The van der Waals surface area contributed by atoms with E-state index in [2.05, 4.69) is 34.6 Å². The van der Waals surface area contributed by atoms with Crippen LogP contribution < -0.4 is 5.32 Å². The second-order valence-electron chi connectivity index (χ2n) is 16.9. The third-order valence-electron chi connectivity index (χ3n) is 11.7. The van der Waals surface area contributed by atoms with Crippen LogP contribution in [-0.2, 0) is 40.0 Å². The van der Waals surface area contributed by atoms with E-state index in [4.69, 9.17) is 19.5 Å². The fourth-order valence-electron chi connectivity index (χ4n) is 9.17. The van der Waals surface area contributed by atoms with E-state index in [1.54, 1.807) is 0 Å². The zero-order valence-electron chi connectivity index (χ0n) is 32.4. The van der Waals surface area contributed by atoms with Crippen LogP contribution in [0.25, 0.3) is 28.0 Å². The minimum absolute atomic E-state index is 0.0691. The average Bonchev–Trinajstić information content (AvgIpc) is 3.97. The number of imidazole rings is 1. The maximum absolute atomic E-state index is 13.7. The molecule has 284 valence electrons. The number of ether oxygens (including phenoxy) is 2. The summed E-state index contributed by atoms with van der Waals surface area (Å²) in [5, 5.41) is 2.75. The maximum Gasteiger partial charge on any atom is 0.410 e. The van der Waals surface area contributed by atoms with E-state index in [0.717, 1.165) is 80.6 Å². The summed E-state index contributed by atoms with van der Waals surface area (Å²) in [5.41, 5.74) is 13.4. The third-order valence-corrected chi connectivity index (χ3v) is 11.7. The van der Waals surface area contributed by atoms with Gasteiger partial charge in [0.05, 0.1) is 31.1 Å². The standard InChI is InChI=1S/C43H52N6O5/c1-24(2)38(47-41(51)53-6)40(50)48-15-7-9-34(48)32-21-31(22-44-32)29-17-25-11-13-27-19-30(20-28-14-12-26(18-29)36(25)37(27)28)33-23-45-39(46-33)35-10-8-16-49(35)42(52)54-43(3,4)5/h17-20,22-24,34-35,38H,7-16,21H2,1-6H3,(H,45,46)(H,47,51)/t34-,35-,38-/m0/s1. The molecule has 1 aromatic heterocycles. The maximum atomic E-state index is 13.7. The van der Waals surface area contributed by atoms with Crippen molar-refractivity contribution in [1.82, 2.24) is 25.1 Å². The number of carbonyl (C=O) groups excluding carboxylic acids is 3. The van der Waals surface area contributed by atoms with Crippen molar-refractivity contribution in [2.75, 3.05) is 20.2 Å². The van der Waals surface area contributed by atoms with Gasteiger partial charge in [0.2, 0.25) is 5.91 Å². The summed E-state index contributed by atoms with van der Waals surface area (Å²) in [5.74, 6) is 0.674. The molecule has 3 aliphatic heterocycles. The summed E-state index contributed by atoms with van der Waals surface area (Å²) < 4.78 is 10.5. The quantitative estimate of drug-likeness (QED) is 0.258. The number of amides is 3. The minimum atomic E-state index is -0.643. The van der Waals surface area contributed by atoms with Crippen LogP contribution in [0.1, 0.15) is 106 Å². The Hall–Kier alpha value is -4.93. The van der Waals surface area contributed by atoms with Gasteiger partial charge in [-0.1, -0.05) is 26.0 Å². The number of methoxy groups -OCH3 is 1. The molecule has 2 aliphatic carbocycles. The van der Waals surface area contributed by atoms with Crippen LogP contribution in [0.2, 0.25) is 0 Å². The highest BCUT2D eigenvalue weighted by atomic mass is 16.6. The van der Waals surface area contributed by atoms with Gasteiger partial charge in [-0.2, -0.15) is 0 Å². The number of hydrogen-bond acceptors (Lipinski definition) is 7. The zero-order valence-corrected chi connectivity index (χ0v) is 32.4. The molecule has 4 heterocycles. The monoisotopic (exact) mass is 732 g/mol. The molecule has 0 bridgehead atoms. The van der Waals surface area contributed by atoms with Gasteiger partial charge in [0, 0.05) is 37.0 Å². The lowest BCUT2D eigenvalue weighted by Crippen LogP contribution is -2.53. The van der Waals surface area contributed by atoms with Crippen LogP contribution in [0, 0.1) is 5.92 Å². The van der Waals surface area contributed by atoms with Crippen molar-refractivity contribution in [1.29, 1.82) is 0 Å². The third kappa shape index (κ3) is 6.70. The molecule has 3 amide bonds. The van der Waals surface area contributed by atoms with E-state index in [0.29, 0.717) is 13.1 Å². The number of allylic oxidation sites excluding steroid dienone is 1. The summed E-state index contributed by atoms with van der Waals surface area (Å²) in [6.45, 7) is 10.9. The van der Waals surface area contributed by atoms with Crippen LogP contribution in [0.15, 0.2) is 41.7 Å². The summed E-state index contributed by atoms with van der Waals surface area (Å²) >= 11 is 0. The molecule has 11 heteroatoms. The van der Waals surface area contributed by atoms with Crippen molar-refractivity contribution in [2.45, 2.75) is 116 Å². The summed E-state index contributed by atoms with van der Waals surface area (Å²) in [6.07, 6.45) is 11.2. The smallest absolute Gasteiger partial charge is 0.410 e. The second-order valence-corrected chi connectivity index (χ2v) is 16.9. The van der Waals surface area contributed by atoms with E-state index in [9.17, 15) is 14.4 Å². The topological polar surface area (TPSA) is 129 Å². The van der Waals surface area contributed by atoms with Crippen LogP contribution in [0.4, 0.5) is 9.59 Å². The van der Waals surface area contributed by atoms with Gasteiger partial charge in [-0.3, -0.25) is 14.7 Å². The molecular weight excluding hydrogens is 681 g/mol. The Balaban J connectivity index is 0.990. The largest absolute Gasteiger partial charge is 0.453 e. The van der Waals surface area contributed by atoms with Gasteiger partial charge in [0.15, 0.2) is 0 Å². The zero-order chi connectivity index (χ0) is 37.9. The van der Waals surface area contributed by atoms with Gasteiger partial charge in [-0.25, -0.2) is 14.6 Å². The van der Waals surface area contributed by atoms with Crippen molar-refractivity contribution in [2.24, 2.45) is 10.9 Å². The van der Waals surface area contributed by atoms with Gasteiger partial charge in [0.25, 0.3) is 0 Å². The number of aliphatic imine (C=N–C) groups is 1. The summed E-state index contributed by atoms with van der Waals surface area (Å²) in [7, 11) is 1.32. The van der Waals surface area contributed by atoms with Gasteiger partial charge in [-0.05, 0) is 135 Å². The molecule has 2 N–H and O–H groups in total. The van der Waals surface area contributed by atoms with Crippen molar-refractivity contribution in [3.05, 3.63) is 70.3 Å². The highest BCUT2D eigenvalue weighted by Gasteiger charge is 2.39. The van der Waals surface area contributed by atoms with Crippen LogP contribution in [-0.4, -0.2) is 81.5 Å².